The Kier molecular flexibility index (Phi) is 2.95. The van der Waals surface area contributed by atoms with Crippen molar-refractivity contribution in [2.24, 2.45) is 27.7 Å². The van der Waals surface area contributed by atoms with Gasteiger partial charge in [0.1, 0.15) is 0 Å². The Labute approximate surface area is 85.7 Å². The van der Waals surface area contributed by atoms with E-state index in [4.69, 9.17) is 5.84 Å². The zero-order valence-electron chi connectivity index (χ0n) is 9.63. The second-order valence-corrected chi connectivity index (χ2v) is 4.51. The van der Waals surface area contributed by atoms with Crippen LogP contribution in [0.15, 0.2) is 9.98 Å². The van der Waals surface area contributed by atoms with Gasteiger partial charge in [-0.25, -0.2) is 10.8 Å². The Balaban J connectivity index is 3.04. The van der Waals surface area contributed by atoms with Gasteiger partial charge < -0.3 is 5.43 Å². The monoisotopic (exact) mass is 196 g/mol. The molecule has 1 aliphatic rings. The summed E-state index contributed by atoms with van der Waals surface area (Å²) in [7, 11) is 0. The minimum absolute atomic E-state index is 0.346. The smallest absolute Gasteiger partial charge is 0.159 e. The SMILES string of the molecule is CC(C)C1=NC(C)(C(C)C)N=C1NN. The van der Waals surface area contributed by atoms with Gasteiger partial charge in [0, 0.05) is 0 Å². The van der Waals surface area contributed by atoms with Gasteiger partial charge in [-0.15, -0.1) is 0 Å². The summed E-state index contributed by atoms with van der Waals surface area (Å²) in [6.45, 7) is 10.5. The maximum atomic E-state index is 5.42. The average Bonchev–Trinajstić information content (AvgIpc) is 2.44. The van der Waals surface area contributed by atoms with E-state index < -0.39 is 0 Å². The van der Waals surface area contributed by atoms with Crippen LogP contribution in [0.3, 0.4) is 0 Å². The highest BCUT2D eigenvalue weighted by Crippen LogP contribution is 2.28. The standard InChI is InChI=1S/C10H20N4/c1-6(2)8-9(14-11)13-10(5,12-8)7(3)4/h6-7H,11H2,1-5H3,(H,13,14). The summed E-state index contributed by atoms with van der Waals surface area (Å²) >= 11 is 0. The van der Waals surface area contributed by atoms with Crippen molar-refractivity contribution in [3.05, 3.63) is 0 Å². The number of rotatable bonds is 2. The fourth-order valence-corrected chi connectivity index (χ4v) is 1.37. The van der Waals surface area contributed by atoms with Crippen LogP contribution in [0.2, 0.25) is 0 Å². The van der Waals surface area contributed by atoms with Gasteiger partial charge >= 0.3 is 0 Å². The third kappa shape index (κ3) is 1.80. The molecule has 0 aliphatic carbocycles. The second kappa shape index (κ2) is 3.69. The van der Waals surface area contributed by atoms with E-state index in [1.165, 1.54) is 0 Å². The lowest BCUT2D eigenvalue weighted by atomic mass is 10.00. The summed E-state index contributed by atoms with van der Waals surface area (Å²) in [6, 6.07) is 0. The fraction of sp³-hybridized carbons (Fsp3) is 0.800. The topological polar surface area (TPSA) is 62.8 Å². The molecule has 80 valence electrons. The largest absolute Gasteiger partial charge is 0.307 e. The highest BCUT2D eigenvalue weighted by atomic mass is 15.3. The third-order valence-corrected chi connectivity index (χ3v) is 2.70. The molecule has 0 fully saturated rings. The summed E-state index contributed by atoms with van der Waals surface area (Å²) in [4.78, 5) is 9.16. The molecule has 0 amide bonds. The van der Waals surface area contributed by atoms with Crippen LogP contribution in [0.25, 0.3) is 0 Å². The Morgan fingerprint density at radius 3 is 2.07 bits per heavy atom. The third-order valence-electron chi connectivity index (χ3n) is 2.70. The first-order valence-electron chi connectivity index (χ1n) is 5.07. The van der Waals surface area contributed by atoms with Crippen LogP contribution < -0.4 is 11.3 Å². The lowest BCUT2D eigenvalue weighted by molar-refractivity contribution is 0.364. The molecule has 1 aliphatic heterocycles. The number of amidine groups is 1. The highest BCUT2D eigenvalue weighted by molar-refractivity contribution is 6.43. The summed E-state index contributed by atoms with van der Waals surface area (Å²) in [6.07, 6.45) is 0. The van der Waals surface area contributed by atoms with Gasteiger partial charge in [0.15, 0.2) is 11.5 Å². The molecule has 4 heteroatoms. The number of aliphatic imine (C=N–C) groups is 2. The minimum atomic E-state index is -0.346. The second-order valence-electron chi connectivity index (χ2n) is 4.51. The number of nitrogens with zero attached hydrogens (tertiary/aromatic N) is 2. The quantitative estimate of drug-likeness (QED) is 0.517. The van der Waals surface area contributed by atoms with E-state index in [9.17, 15) is 0 Å². The van der Waals surface area contributed by atoms with Crippen molar-refractivity contribution < 1.29 is 0 Å². The van der Waals surface area contributed by atoms with E-state index >= 15 is 0 Å². The highest BCUT2D eigenvalue weighted by Gasteiger charge is 2.34. The predicted molar refractivity (Wildman–Crippen MR) is 60.3 cm³/mol. The minimum Gasteiger partial charge on any atom is -0.307 e. The first-order valence-corrected chi connectivity index (χ1v) is 5.07. The normalized spacial score (nSPS) is 26.9. The molecule has 0 spiro atoms. The number of nitrogens with two attached hydrogens (primary N) is 1. The molecule has 1 heterocycles. The zero-order chi connectivity index (χ0) is 10.9. The van der Waals surface area contributed by atoms with Gasteiger partial charge in [-0.05, 0) is 18.8 Å². The van der Waals surface area contributed by atoms with Crippen molar-refractivity contribution in [3.8, 4) is 0 Å². The van der Waals surface area contributed by atoms with Crippen molar-refractivity contribution in [2.45, 2.75) is 40.3 Å². The van der Waals surface area contributed by atoms with Crippen molar-refractivity contribution in [3.63, 3.8) is 0 Å². The van der Waals surface area contributed by atoms with Gasteiger partial charge in [-0.1, -0.05) is 27.7 Å². The van der Waals surface area contributed by atoms with E-state index in [-0.39, 0.29) is 5.66 Å². The molecule has 3 N–H and O–H groups in total. The summed E-state index contributed by atoms with van der Waals surface area (Å²) in [5.74, 6) is 6.88. The van der Waals surface area contributed by atoms with Gasteiger partial charge in [-0.2, -0.15) is 0 Å². The van der Waals surface area contributed by atoms with E-state index in [1.807, 2.05) is 6.92 Å². The molecule has 0 bridgehead atoms. The Morgan fingerprint density at radius 1 is 1.21 bits per heavy atom. The molecule has 0 saturated heterocycles. The fourth-order valence-electron chi connectivity index (χ4n) is 1.37. The van der Waals surface area contributed by atoms with Gasteiger partial charge in [0.25, 0.3) is 0 Å². The van der Waals surface area contributed by atoms with Crippen LogP contribution >= 0.6 is 0 Å². The molecular weight excluding hydrogens is 176 g/mol. The number of hydrazine groups is 1. The van der Waals surface area contributed by atoms with Crippen LogP contribution in [0.1, 0.15) is 34.6 Å². The first kappa shape index (κ1) is 11.2. The van der Waals surface area contributed by atoms with Crippen molar-refractivity contribution in [1.29, 1.82) is 0 Å². The van der Waals surface area contributed by atoms with Gasteiger partial charge in [0.05, 0.1) is 5.71 Å². The van der Waals surface area contributed by atoms with Crippen LogP contribution in [0.5, 0.6) is 0 Å². The number of nitrogens with one attached hydrogen (secondary N) is 1. The van der Waals surface area contributed by atoms with Gasteiger partial charge in [0.2, 0.25) is 0 Å². The molecule has 0 aromatic rings. The first-order chi connectivity index (χ1) is 6.40. The maximum Gasteiger partial charge on any atom is 0.159 e. The molecule has 14 heavy (non-hydrogen) atoms. The predicted octanol–water partition coefficient (Wildman–Crippen LogP) is 1.33. The zero-order valence-corrected chi connectivity index (χ0v) is 9.63. The van der Waals surface area contributed by atoms with Crippen LogP contribution in [0, 0.1) is 11.8 Å². The van der Waals surface area contributed by atoms with Crippen molar-refractivity contribution in [2.75, 3.05) is 0 Å². The van der Waals surface area contributed by atoms with Gasteiger partial charge in [-0.3, -0.25) is 4.99 Å². The Bertz CT molecular complexity index is 278. The van der Waals surface area contributed by atoms with E-state index in [0.717, 1.165) is 11.5 Å². The van der Waals surface area contributed by atoms with Crippen LogP contribution in [-0.4, -0.2) is 17.2 Å². The van der Waals surface area contributed by atoms with E-state index in [0.29, 0.717) is 11.8 Å². The van der Waals surface area contributed by atoms with Crippen LogP contribution in [0.4, 0.5) is 0 Å². The van der Waals surface area contributed by atoms with Crippen molar-refractivity contribution >= 4 is 11.5 Å². The Morgan fingerprint density at radius 2 is 1.79 bits per heavy atom. The molecule has 1 atom stereocenters. The molecule has 1 rings (SSSR count). The van der Waals surface area contributed by atoms with Crippen molar-refractivity contribution in [1.82, 2.24) is 5.43 Å². The molecule has 0 aromatic heterocycles. The maximum absolute atomic E-state index is 5.42. The summed E-state index contributed by atoms with van der Waals surface area (Å²) in [5.41, 5.74) is 3.25. The average molecular weight is 196 g/mol. The molecular formula is C10H20N4. The molecule has 0 aromatic carbocycles. The molecule has 4 nitrogen and oxygen atoms in total. The lowest BCUT2D eigenvalue weighted by Crippen LogP contribution is -2.37. The number of hydrogen-bond acceptors (Lipinski definition) is 4. The molecule has 1 unspecified atom stereocenters. The summed E-state index contributed by atoms with van der Waals surface area (Å²) < 4.78 is 0. The Hall–Kier alpha value is -0.900. The number of hydrogen-bond donors (Lipinski definition) is 2. The van der Waals surface area contributed by atoms with E-state index in [2.05, 4.69) is 43.1 Å². The van der Waals surface area contributed by atoms with Crippen LogP contribution in [-0.2, 0) is 0 Å². The summed E-state index contributed by atoms with van der Waals surface area (Å²) in [5, 5.41) is 0. The van der Waals surface area contributed by atoms with E-state index in [1.54, 1.807) is 0 Å². The molecule has 0 saturated carbocycles. The molecule has 0 radical (unpaired) electrons. The lowest BCUT2D eigenvalue weighted by Gasteiger charge is -2.21.